The number of unbranched alkanes of at least 4 members (excludes halogenated alkanes) is 15. The first-order chi connectivity index (χ1) is 19.8. The predicted octanol–water partition coefficient (Wildman–Crippen LogP) is 10.6. The first-order valence-corrected chi connectivity index (χ1v) is 16.6. The van der Waals surface area contributed by atoms with E-state index < -0.39 is 5.41 Å². The van der Waals surface area contributed by atoms with Crippen LogP contribution in [0.5, 0.6) is 11.5 Å². The molecule has 0 bridgehead atoms. The largest absolute Gasteiger partial charge is 0.508 e. The lowest BCUT2D eigenvalue weighted by Gasteiger charge is -2.34. The maximum Gasteiger partial charge on any atom is 0.307 e. The average molecular weight is 567 g/mol. The van der Waals surface area contributed by atoms with Crippen LogP contribution in [-0.2, 0) is 14.9 Å². The van der Waals surface area contributed by atoms with Gasteiger partial charge in [0.05, 0.1) is 13.0 Å². The van der Waals surface area contributed by atoms with E-state index in [0.717, 1.165) is 35.1 Å². The second-order valence-corrected chi connectivity index (χ2v) is 12.1. The summed E-state index contributed by atoms with van der Waals surface area (Å²) in [5, 5.41) is 20.2. The van der Waals surface area contributed by atoms with Gasteiger partial charge in [-0.15, -0.1) is 0 Å². The SMILES string of the molecule is CCCCCCCCCCCCCCCCCCOC(=O)CC(CC)(c1ccc(O)c(C)c1)c1ccc(O)c(C)c1. The van der Waals surface area contributed by atoms with Gasteiger partial charge in [0, 0.05) is 5.41 Å². The molecule has 0 heterocycles. The van der Waals surface area contributed by atoms with E-state index in [1.807, 2.05) is 38.1 Å². The summed E-state index contributed by atoms with van der Waals surface area (Å²) in [5.74, 6) is 0.280. The molecule has 0 amide bonds. The fourth-order valence-electron chi connectivity index (χ4n) is 5.94. The van der Waals surface area contributed by atoms with Crippen molar-refractivity contribution in [1.29, 1.82) is 0 Å². The van der Waals surface area contributed by atoms with Crippen molar-refractivity contribution in [1.82, 2.24) is 0 Å². The first kappa shape index (κ1) is 34.7. The van der Waals surface area contributed by atoms with Crippen molar-refractivity contribution in [2.75, 3.05) is 6.61 Å². The number of aromatic hydroxyl groups is 2. The van der Waals surface area contributed by atoms with Crippen LogP contribution in [0.15, 0.2) is 36.4 Å². The molecule has 2 N–H and O–H groups in total. The minimum absolute atomic E-state index is 0.204. The van der Waals surface area contributed by atoms with Crippen LogP contribution in [0.3, 0.4) is 0 Å². The molecule has 0 saturated heterocycles. The number of phenolic OH excluding ortho intramolecular Hbond substituents is 2. The van der Waals surface area contributed by atoms with Gasteiger partial charge in [-0.3, -0.25) is 4.79 Å². The summed E-state index contributed by atoms with van der Waals surface area (Å²) in [6.07, 6.45) is 22.0. The molecule has 2 aromatic carbocycles. The molecule has 0 fully saturated rings. The van der Waals surface area contributed by atoms with Crippen LogP contribution in [0.2, 0.25) is 0 Å². The quantitative estimate of drug-likeness (QED) is 0.110. The molecule has 0 radical (unpaired) electrons. The van der Waals surface area contributed by atoms with Crippen molar-refractivity contribution < 1.29 is 19.7 Å². The number of phenols is 2. The van der Waals surface area contributed by atoms with Gasteiger partial charge >= 0.3 is 5.97 Å². The molecular formula is C37H58O4. The van der Waals surface area contributed by atoms with Crippen molar-refractivity contribution in [2.45, 2.75) is 149 Å². The van der Waals surface area contributed by atoms with E-state index in [4.69, 9.17) is 4.74 Å². The van der Waals surface area contributed by atoms with E-state index in [0.29, 0.717) is 13.0 Å². The molecule has 4 nitrogen and oxygen atoms in total. The lowest BCUT2D eigenvalue weighted by Crippen LogP contribution is -2.31. The minimum Gasteiger partial charge on any atom is -0.508 e. The van der Waals surface area contributed by atoms with Gasteiger partial charge < -0.3 is 14.9 Å². The Bertz CT molecular complexity index is 961. The van der Waals surface area contributed by atoms with Gasteiger partial charge in [-0.25, -0.2) is 0 Å². The van der Waals surface area contributed by atoms with E-state index in [1.54, 1.807) is 12.1 Å². The summed E-state index contributed by atoms with van der Waals surface area (Å²) in [4.78, 5) is 13.1. The molecule has 0 saturated carbocycles. The number of hydrogen-bond donors (Lipinski definition) is 2. The van der Waals surface area contributed by atoms with Crippen molar-refractivity contribution in [3.8, 4) is 11.5 Å². The monoisotopic (exact) mass is 566 g/mol. The lowest BCUT2D eigenvalue weighted by molar-refractivity contribution is -0.145. The third-order valence-corrected chi connectivity index (χ3v) is 8.81. The molecule has 2 rings (SSSR count). The Hall–Kier alpha value is -2.49. The van der Waals surface area contributed by atoms with Crippen LogP contribution in [-0.4, -0.2) is 22.8 Å². The van der Waals surface area contributed by atoms with Gasteiger partial charge in [0.1, 0.15) is 11.5 Å². The molecule has 230 valence electrons. The fourth-order valence-corrected chi connectivity index (χ4v) is 5.94. The Balaban J connectivity index is 1.70. The highest BCUT2D eigenvalue weighted by Gasteiger charge is 2.36. The first-order valence-electron chi connectivity index (χ1n) is 16.6. The van der Waals surface area contributed by atoms with Crippen LogP contribution in [0.4, 0.5) is 0 Å². The van der Waals surface area contributed by atoms with Gasteiger partial charge in [-0.1, -0.05) is 134 Å². The Kier molecular flexibility index (Phi) is 16.6. The smallest absolute Gasteiger partial charge is 0.307 e. The van der Waals surface area contributed by atoms with Gasteiger partial charge in [0.15, 0.2) is 0 Å². The van der Waals surface area contributed by atoms with Crippen molar-refractivity contribution in [3.05, 3.63) is 58.7 Å². The third kappa shape index (κ3) is 12.1. The molecule has 2 aromatic rings. The zero-order valence-electron chi connectivity index (χ0n) is 26.6. The Morgan fingerprint density at radius 1 is 0.634 bits per heavy atom. The van der Waals surface area contributed by atoms with Crippen LogP contribution in [0.25, 0.3) is 0 Å². The molecule has 0 aliphatic rings. The zero-order valence-corrected chi connectivity index (χ0v) is 26.6. The Morgan fingerprint density at radius 2 is 1.02 bits per heavy atom. The summed E-state index contributed by atoms with van der Waals surface area (Å²) >= 11 is 0. The highest BCUT2D eigenvalue weighted by Crippen LogP contribution is 2.42. The normalized spacial score (nSPS) is 11.6. The summed E-state index contributed by atoms with van der Waals surface area (Å²) in [6.45, 7) is 8.56. The van der Waals surface area contributed by atoms with Crippen molar-refractivity contribution in [2.24, 2.45) is 0 Å². The second kappa shape index (κ2) is 19.6. The van der Waals surface area contributed by atoms with E-state index in [2.05, 4.69) is 13.8 Å². The molecule has 41 heavy (non-hydrogen) atoms. The molecular weight excluding hydrogens is 508 g/mol. The highest BCUT2D eigenvalue weighted by atomic mass is 16.5. The highest BCUT2D eigenvalue weighted by molar-refractivity contribution is 5.73. The summed E-state index contributed by atoms with van der Waals surface area (Å²) < 4.78 is 5.73. The molecule has 0 atom stereocenters. The van der Waals surface area contributed by atoms with Crippen LogP contribution >= 0.6 is 0 Å². The van der Waals surface area contributed by atoms with Gasteiger partial charge in [-0.2, -0.15) is 0 Å². The van der Waals surface area contributed by atoms with E-state index in [-0.39, 0.29) is 23.9 Å². The topological polar surface area (TPSA) is 66.8 Å². The number of aryl methyl sites for hydroxylation is 2. The number of ether oxygens (including phenoxy) is 1. The number of benzene rings is 2. The van der Waals surface area contributed by atoms with E-state index in [1.165, 1.54) is 89.9 Å². The molecule has 0 aliphatic heterocycles. The van der Waals surface area contributed by atoms with Crippen LogP contribution in [0.1, 0.15) is 152 Å². The summed E-state index contributed by atoms with van der Waals surface area (Å²) in [7, 11) is 0. The number of carbonyl (C=O) groups is 1. The predicted molar refractivity (Wildman–Crippen MR) is 172 cm³/mol. The van der Waals surface area contributed by atoms with Crippen LogP contribution < -0.4 is 0 Å². The summed E-state index contributed by atoms with van der Waals surface area (Å²) in [6, 6.07) is 11.1. The zero-order chi connectivity index (χ0) is 29.9. The Labute approximate surface area is 250 Å². The number of esters is 1. The van der Waals surface area contributed by atoms with Crippen molar-refractivity contribution >= 4 is 5.97 Å². The Morgan fingerprint density at radius 3 is 1.39 bits per heavy atom. The average Bonchev–Trinajstić information content (AvgIpc) is 2.96. The van der Waals surface area contributed by atoms with Crippen molar-refractivity contribution in [3.63, 3.8) is 0 Å². The molecule has 0 aliphatic carbocycles. The van der Waals surface area contributed by atoms with Gasteiger partial charge in [0.25, 0.3) is 0 Å². The molecule has 4 heteroatoms. The summed E-state index contributed by atoms with van der Waals surface area (Å²) in [5.41, 5.74) is 2.90. The van der Waals surface area contributed by atoms with Gasteiger partial charge in [-0.05, 0) is 61.1 Å². The second-order valence-electron chi connectivity index (χ2n) is 12.1. The maximum absolute atomic E-state index is 13.1. The van der Waals surface area contributed by atoms with E-state index in [9.17, 15) is 15.0 Å². The molecule has 0 aromatic heterocycles. The number of rotatable bonds is 22. The molecule has 0 unspecified atom stereocenters. The molecule has 0 spiro atoms. The maximum atomic E-state index is 13.1. The fraction of sp³-hybridized carbons (Fsp3) is 0.649. The van der Waals surface area contributed by atoms with Crippen LogP contribution in [0, 0.1) is 13.8 Å². The number of hydrogen-bond acceptors (Lipinski definition) is 4. The number of carbonyl (C=O) groups excluding carboxylic acids is 1. The van der Waals surface area contributed by atoms with Gasteiger partial charge in [0.2, 0.25) is 0 Å². The van der Waals surface area contributed by atoms with E-state index >= 15 is 0 Å². The minimum atomic E-state index is -0.595. The standard InChI is InChI=1S/C37H58O4/c1-5-7-8-9-10-11-12-13-14-15-16-17-18-19-20-21-26-41-36(40)29-37(6-2,32-22-24-34(38)30(3)27-32)33-23-25-35(39)31(4)28-33/h22-25,27-28,38-39H,5-21,26,29H2,1-4H3. The lowest BCUT2D eigenvalue weighted by atomic mass is 9.69. The third-order valence-electron chi connectivity index (χ3n) is 8.81.